The third-order valence-corrected chi connectivity index (χ3v) is 6.24. The highest BCUT2D eigenvalue weighted by molar-refractivity contribution is 5.88. The van der Waals surface area contributed by atoms with Crippen LogP contribution in [-0.4, -0.2) is 60.5 Å². The molecule has 1 amide bonds. The van der Waals surface area contributed by atoms with E-state index >= 15 is 0 Å². The first-order chi connectivity index (χ1) is 12.1. The summed E-state index contributed by atoms with van der Waals surface area (Å²) in [5, 5.41) is 3.28. The Hall–Kier alpha value is -1.39. The van der Waals surface area contributed by atoms with Gasteiger partial charge in [0.15, 0.2) is 0 Å². The molecule has 1 aliphatic heterocycles. The highest BCUT2D eigenvalue weighted by Gasteiger charge is 2.48. The number of nitrogens with zero attached hydrogens (tertiary/aromatic N) is 2. The summed E-state index contributed by atoms with van der Waals surface area (Å²) in [6.45, 7) is 12.6. The second kappa shape index (κ2) is 7.88. The van der Waals surface area contributed by atoms with E-state index in [0.29, 0.717) is 5.92 Å². The number of carbonyl (C=O) groups excluding carboxylic acids is 1. The lowest BCUT2D eigenvalue weighted by Gasteiger charge is -2.44. The molecule has 1 fully saturated rings. The first-order valence-corrected chi connectivity index (χ1v) is 9.91. The fraction of sp³-hybridized carbons (Fsp3) is 0.667. The van der Waals surface area contributed by atoms with Gasteiger partial charge in [0.2, 0.25) is 5.91 Å². The molecule has 1 aromatic carbocycles. The molecule has 138 valence electrons. The molecule has 0 saturated carbocycles. The standard InChI is InChI=1S/C21H33N3O/c1-4-17(3)16-22-20(25)21(24-12-10-23(5-2)11-13-24)14-18-8-6-7-9-19(18)15-21/h6-9,17H,4-5,10-16H2,1-3H3,(H,22,25)/t17-/m0/s1. The Morgan fingerprint density at radius 1 is 1.12 bits per heavy atom. The molecule has 1 saturated heterocycles. The molecule has 1 N–H and O–H groups in total. The minimum Gasteiger partial charge on any atom is -0.354 e. The Bertz CT molecular complexity index is 568. The van der Waals surface area contributed by atoms with Crippen LogP contribution < -0.4 is 5.32 Å². The van der Waals surface area contributed by atoms with Crippen molar-refractivity contribution in [2.24, 2.45) is 5.92 Å². The summed E-state index contributed by atoms with van der Waals surface area (Å²) in [7, 11) is 0. The van der Waals surface area contributed by atoms with E-state index < -0.39 is 5.54 Å². The van der Waals surface area contributed by atoms with Gasteiger partial charge in [-0.2, -0.15) is 0 Å². The molecular weight excluding hydrogens is 310 g/mol. The van der Waals surface area contributed by atoms with Gasteiger partial charge in [0.05, 0.1) is 0 Å². The van der Waals surface area contributed by atoms with Gasteiger partial charge in [-0.25, -0.2) is 0 Å². The van der Waals surface area contributed by atoms with E-state index in [1.54, 1.807) is 0 Å². The topological polar surface area (TPSA) is 35.6 Å². The number of carbonyl (C=O) groups is 1. The summed E-state index contributed by atoms with van der Waals surface area (Å²) in [5.41, 5.74) is 2.30. The van der Waals surface area contributed by atoms with E-state index in [2.05, 4.69) is 60.2 Å². The first-order valence-electron chi connectivity index (χ1n) is 9.91. The van der Waals surface area contributed by atoms with E-state index in [-0.39, 0.29) is 5.91 Å². The molecule has 1 aromatic rings. The lowest BCUT2D eigenvalue weighted by molar-refractivity contribution is -0.135. The van der Waals surface area contributed by atoms with Gasteiger partial charge in [0, 0.05) is 45.6 Å². The predicted octanol–water partition coefficient (Wildman–Crippen LogP) is 2.32. The molecule has 0 aromatic heterocycles. The molecule has 3 rings (SSSR count). The van der Waals surface area contributed by atoms with Crippen molar-refractivity contribution in [2.75, 3.05) is 39.3 Å². The van der Waals surface area contributed by atoms with Gasteiger partial charge in [-0.15, -0.1) is 0 Å². The van der Waals surface area contributed by atoms with Crippen LogP contribution in [0.25, 0.3) is 0 Å². The molecule has 4 nitrogen and oxygen atoms in total. The molecule has 0 bridgehead atoms. The smallest absolute Gasteiger partial charge is 0.241 e. The third kappa shape index (κ3) is 3.75. The molecule has 25 heavy (non-hydrogen) atoms. The van der Waals surface area contributed by atoms with E-state index in [1.807, 2.05) is 0 Å². The second-order valence-electron chi connectivity index (χ2n) is 7.80. The maximum absolute atomic E-state index is 13.3. The number of piperazine rings is 1. The summed E-state index contributed by atoms with van der Waals surface area (Å²) in [4.78, 5) is 18.3. The normalized spacial score (nSPS) is 21.7. The van der Waals surface area contributed by atoms with E-state index in [0.717, 1.165) is 58.5 Å². The Morgan fingerprint density at radius 3 is 2.24 bits per heavy atom. The van der Waals surface area contributed by atoms with Crippen molar-refractivity contribution in [3.05, 3.63) is 35.4 Å². The van der Waals surface area contributed by atoms with E-state index in [1.165, 1.54) is 11.1 Å². The van der Waals surface area contributed by atoms with Crippen molar-refractivity contribution < 1.29 is 4.79 Å². The van der Waals surface area contributed by atoms with Gasteiger partial charge in [-0.3, -0.25) is 9.69 Å². The van der Waals surface area contributed by atoms with Gasteiger partial charge in [-0.05, 0) is 23.6 Å². The minimum absolute atomic E-state index is 0.231. The maximum Gasteiger partial charge on any atom is 0.241 e. The number of likely N-dealkylation sites (N-methyl/N-ethyl adjacent to an activating group) is 1. The van der Waals surface area contributed by atoms with Gasteiger partial charge < -0.3 is 10.2 Å². The fourth-order valence-corrected chi connectivity index (χ4v) is 4.19. The van der Waals surface area contributed by atoms with Crippen LogP contribution in [0.1, 0.15) is 38.3 Å². The average Bonchev–Trinajstić information content (AvgIpc) is 3.06. The van der Waals surface area contributed by atoms with Crippen LogP contribution in [0.15, 0.2) is 24.3 Å². The van der Waals surface area contributed by atoms with Gasteiger partial charge in [0.1, 0.15) is 5.54 Å². The molecule has 0 spiro atoms. The van der Waals surface area contributed by atoms with Crippen LogP contribution in [0, 0.1) is 5.92 Å². The van der Waals surface area contributed by atoms with Crippen molar-refractivity contribution in [1.82, 2.24) is 15.1 Å². The number of rotatable bonds is 6. The minimum atomic E-state index is -0.392. The number of hydrogen-bond donors (Lipinski definition) is 1. The van der Waals surface area contributed by atoms with Gasteiger partial charge in [0.25, 0.3) is 0 Å². The fourth-order valence-electron chi connectivity index (χ4n) is 4.19. The van der Waals surface area contributed by atoms with Crippen LogP contribution in [0.3, 0.4) is 0 Å². The zero-order chi connectivity index (χ0) is 17.9. The Kier molecular flexibility index (Phi) is 5.80. The van der Waals surface area contributed by atoms with Crippen LogP contribution >= 0.6 is 0 Å². The van der Waals surface area contributed by atoms with Crippen molar-refractivity contribution in [3.63, 3.8) is 0 Å². The SMILES string of the molecule is CC[C@H](C)CNC(=O)C1(N2CCN(CC)CC2)Cc2ccccc2C1. The molecular formula is C21H33N3O. The number of benzene rings is 1. The summed E-state index contributed by atoms with van der Waals surface area (Å²) >= 11 is 0. The Morgan fingerprint density at radius 2 is 1.72 bits per heavy atom. The highest BCUT2D eigenvalue weighted by Crippen LogP contribution is 2.35. The second-order valence-corrected chi connectivity index (χ2v) is 7.80. The molecule has 1 aliphatic carbocycles. The number of amides is 1. The number of fused-ring (bicyclic) bond motifs is 1. The van der Waals surface area contributed by atoms with Crippen molar-refractivity contribution >= 4 is 5.91 Å². The quantitative estimate of drug-likeness (QED) is 0.861. The highest BCUT2D eigenvalue weighted by atomic mass is 16.2. The third-order valence-electron chi connectivity index (χ3n) is 6.24. The lowest BCUT2D eigenvalue weighted by atomic mass is 9.90. The van der Waals surface area contributed by atoms with Crippen LogP contribution in [-0.2, 0) is 17.6 Å². The van der Waals surface area contributed by atoms with E-state index in [9.17, 15) is 4.79 Å². The number of nitrogens with one attached hydrogen (secondary N) is 1. The largest absolute Gasteiger partial charge is 0.354 e. The van der Waals surface area contributed by atoms with Crippen LogP contribution in [0.2, 0.25) is 0 Å². The van der Waals surface area contributed by atoms with Gasteiger partial charge in [-0.1, -0.05) is 51.5 Å². The molecule has 0 unspecified atom stereocenters. The summed E-state index contributed by atoms with van der Waals surface area (Å²) in [6.07, 6.45) is 2.80. The van der Waals surface area contributed by atoms with Crippen molar-refractivity contribution in [3.8, 4) is 0 Å². The van der Waals surface area contributed by atoms with Crippen molar-refractivity contribution in [2.45, 2.75) is 45.6 Å². The van der Waals surface area contributed by atoms with Crippen molar-refractivity contribution in [1.29, 1.82) is 0 Å². The summed E-state index contributed by atoms with van der Waals surface area (Å²) in [6, 6.07) is 8.59. The Balaban J connectivity index is 1.79. The lowest BCUT2D eigenvalue weighted by Crippen LogP contribution is -2.64. The molecule has 1 heterocycles. The predicted molar refractivity (Wildman–Crippen MR) is 103 cm³/mol. The molecule has 1 atom stereocenters. The zero-order valence-corrected chi connectivity index (χ0v) is 16.1. The zero-order valence-electron chi connectivity index (χ0n) is 16.1. The van der Waals surface area contributed by atoms with Crippen LogP contribution in [0.5, 0.6) is 0 Å². The molecule has 0 radical (unpaired) electrons. The average molecular weight is 344 g/mol. The van der Waals surface area contributed by atoms with Crippen LogP contribution in [0.4, 0.5) is 0 Å². The summed E-state index contributed by atoms with van der Waals surface area (Å²) in [5.74, 6) is 0.760. The monoisotopic (exact) mass is 343 g/mol. The van der Waals surface area contributed by atoms with E-state index in [4.69, 9.17) is 0 Å². The molecule has 4 heteroatoms. The van der Waals surface area contributed by atoms with Gasteiger partial charge >= 0.3 is 0 Å². The molecule has 2 aliphatic rings. The Labute approximate surface area is 152 Å². The first kappa shape index (κ1) is 18.4. The maximum atomic E-state index is 13.3. The number of hydrogen-bond acceptors (Lipinski definition) is 3. The summed E-state index contributed by atoms with van der Waals surface area (Å²) < 4.78 is 0.